The minimum absolute atomic E-state index is 0.380. The van der Waals surface area contributed by atoms with E-state index in [1.807, 2.05) is 6.07 Å². The van der Waals surface area contributed by atoms with Crippen molar-refractivity contribution in [2.75, 3.05) is 19.6 Å². The Morgan fingerprint density at radius 1 is 1.19 bits per heavy atom. The predicted molar refractivity (Wildman–Crippen MR) is 88.4 cm³/mol. The fourth-order valence-corrected chi connectivity index (χ4v) is 3.49. The summed E-state index contributed by atoms with van der Waals surface area (Å²) in [5.74, 6) is 0.832. The van der Waals surface area contributed by atoms with E-state index in [0.29, 0.717) is 0 Å². The molecule has 3 rings (SSSR count). The standard InChI is InChI=1S/C19H25NO/c1-2-5-15-10-11-20(13-15)14-19(21)18-9-8-16-6-3-4-7-17(16)12-18/h3-4,6-9,12,15,19,21H,2,5,10-11,13-14H2,1H3. The molecule has 1 aliphatic heterocycles. The van der Waals surface area contributed by atoms with Crippen LogP contribution in [0.4, 0.5) is 0 Å². The number of aliphatic hydroxyl groups excluding tert-OH is 1. The van der Waals surface area contributed by atoms with Gasteiger partial charge in [0.15, 0.2) is 0 Å². The van der Waals surface area contributed by atoms with Gasteiger partial charge in [-0.2, -0.15) is 0 Å². The Labute approximate surface area is 127 Å². The summed E-state index contributed by atoms with van der Waals surface area (Å²) in [4.78, 5) is 2.42. The van der Waals surface area contributed by atoms with Crippen LogP contribution in [0.2, 0.25) is 0 Å². The van der Waals surface area contributed by atoms with Crippen LogP contribution in [0.15, 0.2) is 42.5 Å². The highest BCUT2D eigenvalue weighted by Gasteiger charge is 2.23. The summed E-state index contributed by atoms with van der Waals surface area (Å²) in [6, 6.07) is 14.6. The van der Waals surface area contributed by atoms with E-state index in [1.165, 1.54) is 30.0 Å². The number of β-amino-alcohol motifs (C(OH)–C–C–N with tert-alkyl or cyclic N) is 1. The molecule has 1 fully saturated rings. The van der Waals surface area contributed by atoms with Gasteiger partial charge >= 0.3 is 0 Å². The Hall–Kier alpha value is -1.38. The van der Waals surface area contributed by atoms with Gasteiger partial charge in [-0.3, -0.25) is 0 Å². The average Bonchev–Trinajstić information content (AvgIpc) is 2.94. The summed E-state index contributed by atoms with van der Waals surface area (Å²) in [7, 11) is 0. The fraction of sp³-hybridized carbons (Fsp3) is 0.474. The summed E-state index contributed by atoms with van der Waals surface area (Å²) in [5.41, 5.74) is 1.03. The van der Waals surface area contributed by atoms with Crippen molar-refractivity contribution in [2.45, 2.75) is 32.3 Å². The lowest BCUT2D eigenvalue weighted by atomic mass is 10.0. The molecule has 0 saturated carbocycles. The number of hydrogen-bond acceptors (Lipinski definition) is 2. The van der Waals surface area contributed by atoms with Gasteiger partial charge in [-0.15, -0.1) is 0 Å². The number of benzene rings is 2. The molecule has 21 heavy (non-hydrogen) atoms. The van der Waals surface area contributed by atoms with Gasteiger partial charge in [0, 0.05) is 13.1 Å². The van der Waals surface area contributed by atoms with Gasteiger partial charge in [0.1, 0.15) is 0 Å². The molecule has 2 aromatic carbocycles. The molecule has 1 heterocycles. The average molecular weight is 283 g/mol. The molecule has 0 bridgehead atoms. The van der Waals surface area contributed by atoms with E-state index in [9.17, 15) is 5.11 Å². The highest BCUT2D eigenvalue weighted by atomic mass is 16.3. The number of rotatable bonds is 5. The highest BCUT2D eigenvalue weighted by Crippen LogP contribution is 2.25. The third-order valence-corrected chi connectivity index (χ3v) is 4.66. The zero-order valence-corrected chi connectivity index (χ0v) is 12.8. The number of aliphatic hydroxyl groups is 1. The van der Waals surface area contributed by atoms with Crippen LogP contribution in [0.25, 0.3) is 10.8 Å². The van der Waals surface area contributed by atoms with E-state index in [4.69, 9.17) is 0 Å². The highest BCUT2D eigenvalue weighted by molar-refractivity contribution is 5.83. The van der Waals surface area contributed by atoms with Crippen LogP contribution in [0.1, 0.15) is 37.9 Å². The molecule has 2 heteroatoms. The lowest BCUT2D eigenvalue weighted by molar-refractivity contribution is 0.124. The molecule has 2 nitrogen and oxygen atoms in total. The van der Waals surface area contributed by atoms with Crippen LogP contribution in [0, 0.1) is 5.92 Å². The molecule has 1 saturated heterocycles. The molecule has 2 atom stereocenters. The van der Waals surface area contributed by atoms with Gasteiger partial charge in [0.2, 0.25) is 0 Å². The molecule has 0 amide bonds. The van der Waals surface area contributed by atoms with Crippen LogP contribution in [0.3, 0.4) is 0 Å². The Balaban J connectivity index is 1.65. The third kappa shape index (κ3) is 3.45. The van der Waals surface area contributed by atoms with E-state index < -0.39 is 0 Å². The first-order chi connectivity index (χ1) is 10.3. The van der Waals surface area contributed by atoms with Gasteiger partial charge < -0.3 is 10.0 Å². The van der Waals surface area contributed by atoms with Gasteiger partial charge in [-0.1, -0.05) is 49.7 Å². The van der Waals surface area contributed by atoms with E-state index in [1.54, 1.807) is 0 Å². The number of hydrogen-bond donors (Lipinski definition) is 1. The summed E-state index contributed by atoms with van der Waals surface area (Å²) in [6.07, 6.45) is 3.50. The van der Waals surface area contributed by atoms with Crippen molar-refractivity contribution < 1.29 is 5.11 Å². The summed E-state index contributed by atoms with van der Waals surface area (Å²) in [5, 5.41) is 13.0. The first kappa shape index (κ1) is 14.6. The Kier molecular flexibility index (Phi) is 4.57. The van der Waals surface area contributed by atoms with Gasteiger partial charge in [0.05, 0.1) is 6.10 Å². The SMILES string of the molecule is CCCC1CCN(CC(O)c2ccc3ccccc3c2)C1. The lowest BCUT2D eigenvalue weighted by Gasteiger charge is -2.20. The van der Waals surface area contributed by atoms with Crippen molar-refractivity contribution in [1.29, 1.82) is 0 Å². The number of fused-ring (bicyclic) bond motifs is 1. The lowest BCUT2D eigenvalue weighted by Crippen LogP contribution is -2.26. The van der Waals surface area contributed by atoms with E-state index in [0.717, 1.165) is 31.1 Å². The van der Waals surface area contributed by atoms with Gasteiger partial charge in [-0.05, 0) is 47.7 Å². The van der Waals surface area contributed by atoms with Crippen molar-refractivity contribution in [3.05, 3.63) is 48.0 Å². The smallest absolute Gasteiger partial charge is 0.0917 e. The second kappa shape index (κ2) is 6.59. The minimum atomic E-state index is -0.380. The van der Waals surface area contributed by atoms with Crippen molar-refractivity contribution in [2.24, 2.45) is 5.92 Å². The molecule has 2 aromatic rings. The van der Waals surface area contributed by atoms with Crippen LogP contribution in [0.5, 0.6) is 0 Å². The van der Waals surface area contributed by atoms with Crippen molar-refractivity contribution >= 4 is 10.8 Å². The number of likely N-dealkylation sites (tertiary alicyclic amines) is 1. The second-order valence-electron chi connectivity index (χ2n) is 6.33. The predicted octanol–water partition coefficient (Wildman–Crippen LogP) is 4.00. The van der Waals surface area contributed by atoms with E-state index >= 15 is 0 Å². The third-order valence-electron chi connectivity index (χ3n) is 4.66. The molecule has 0 radical (unpaired) electrons. The summed E-state index contributed by atoms with van der Waals surface area (Å²) in [6.45, 7) is 5.30. The summed E-state index contributed by atoms with van der Waals surface area (Å²) < 4.78 is 0. The van der Waals surface area contributed by atoms with Crippen molar-refractivity contribution in [1.82, 2.24) is 4.90 Å². The first-order valence-corrected chi connectivity index (χ1v) is 8.15. The van der Waals surface area contributed by atoms with Crippen LogP contribution in [-0.2, 0) is 0 Å². The molecular formula is C19H25NO. The van der Waals surface area contributed by atoms with Gasteiger partial charge in [-0.25, -0.2) is 0 Å². The summed E-state index contributed by atoms with van der Waals surface area (Å²) >= 11 is 0. The second-order valence-corrected chi connectivity index (χ2v) is 6.33. The molecule has 0 spiro atoms. The monoisotopic (exact) mass is 283 g/mol. The van der Waals surface area contributed by atoms with Crippen molar-refractivity contribution in [3.63, 3.8) is 0 Å². The molecule has 0 aliphatic carbocycles. The molecular weight excluding hydrogens is 258 g/mol. The largest absolute Gasteiger partial charge is 0.387 e. The molecule has 2 unspecified atom stereocenters. The molecule has 112 valence electrons. The zero-order chi connectivity index (χ0) is 14.7. The Bertz CT molecular complexity index is 595. The van der Waals surface area contributed by atoms with Gasteiger partial charge in [0.25, 0.3) is 0 Å². The normalized spacial score (nSPS) is 21.0. The zero-order valence-electron chi connectivity index (χ0n) is 12.8. The van der Waals surface area contributed by atoms with Crippen LogP contribution < -0.4 is 0 Å². The maximum Gasteiger partial charge on any atom is 0.0917 e. The number of nitrogens with zero attached hydrogens (tertiary/aromatic N) is 1. The van der Waals surface area contributed by atoms with Crippen molar-refractivity contribution in [3.8, 4) is 0 Å². The maximum atomic E-state index is 10.5. The minimum Gasteiger partial charge on any atom is -0.387 e. The van der Waals surface area contributed by atoms with Crippen LogP contribution >= 0.6 is 0 Å². The first-order valence-electron chi connectivity index (χ1n) is 8.15. The maximum absolute atomic E-state index is 10.5. The molecule has 1 aliphatic rings. The van der Waals surface area contributed by atoms with E-state index in [2.05, 4.69) is 48.2 Å². The molecule has 1 N–H and O–H groups in total. The topological polar surface area (TPSA) is 23.5 Å². The Morgan fingerprint density at radius 2 is 2.00 bits per heavy atom. The van der Waals surface area contributed by atoms with E-state index in [-0.39, 0.29) is 6.10 Å². The fourth-order valence-electron chi connectivity index (χ4n) is 3.49. The van der Waals surface area contributed by atoms with Crippen LogP contribution in [-0.4, -0.2) is 29.6 Å². The molecule has 0 aromatic heterocycles. The quantitative estimate of drug-likeness (QED) is 0.896. The Morgan fingerprint density at radius 3 is 2.81 bits per heavy atom.